The number of nitrogens with one attached hydrogen (secondary N) is 1. The molecular weight excluding hydrogens is 393 g/mol. The maximum atomic E-state index is 12.4. The van der Waals surface area contributed by atoms with Crippen molar-refractivity contribution in [3.8, 4) is 0 Å². The van der Waals surface area contributed by atoms with E-state index in [-0.39, 0.29) is 17.7 Å². The van der Waals surface area contributed by atoms with E-state index in [4.69, 9.17) is 27.6 Å². The van der Waals surface area contributed by atoms with Crippen molar-refractivity contribution in [3.63, 3.8) is 0 Å². The molecule has 0 aliphatic heterocycles. The first kappa shape index (κ1) is 18.9. The van der Waals surface area contributed by atoms with Gasteiger partial charge in [-0.3, -0.25) is 4.79 Å². The summed E-state index contributed by atoms with van der Waals surface area (Å²) >= 11 is 13.5. The summed E-state index contributed by atoms with van der Waals surface area (Å²) in [4.78, 5) is 16.6. The third-order valence-corrected chi connectivity index (χ3v) is 5.62. The summed E-state index contributed by atoms with van der Waals surface area (Å²) in [6.07, 6.45) is 3.63. The SMILES string of the molecule is CC(NC(=O)c1ccc(CSc2nccn2C)o1)c1ccc(Cl)c(Cl)c1. The highest BCUT2D eigenvalue weighted by Crippen LogP contribution is 2.26. The molecule has 1 atom stereocenters. The number of hydrogen-bond donors (Lipinski definition) is 1. The van der Waals surface area contributed by atoms with Crippen molar-refractivity contribution in [1.82, 2.24) is 14.9 Å². The maximum absolute atomic E-state index is 12.4. The van der Waals surface area contributed by atoms with E-state index in [1.807, 2.05) is 30.8 Å². The number of thioether (sulfide) groups is 1. The van der Waals surface area contributed by atoms with Crippen LogP contribution < -0.4 is 5.32 Å². The Morgan fingerprint density at radius 2 is 2.12 bits per heavy atom. The molecule has 0 fully saturated rings. The summed E-state index contributed by atoms with van der Waals surface area (Å²) < 4.78 is 7.58. The number of carbonyl (C=O) groups excluding carboxylic acids is 1. The number of imidazole rings is 1. The Kier molecular flexibility index (Phi) is 5.96. The van der Waals surface area contributed by atoms with E-state index in [2.05, 4.69) is 10.3 Å². The van der Waals surface area contributed by atoms with Gasteiger partial charge < -0.3 is 14.3 Å². The van der Waals surface area contributed by atoms with Crippen molar-refractivity contribution in [2.24, 2.45) is 7.05 Å². The van der Waals surface area contributed by atoms with Gasteiger partial charge in [0.05, 0.1) is 21.8 Å². The molecule has 5 nitrogen and oxygen atoms in total. The molecule has 1 aromatic carbocycles. The molecule has 0 aliphatic carbocycles. The third kappa shape index (κ3) is 4.44. The van der Waals surface area contributed by atoms with E-state index >= 15 is 0 Å². The Morgan fingerprint density at radius 3 is 2.81 bits per heavy atom. The summed E-state index contributed by atoms with van der Waals surface area (Å²) in [5.41, 5.74) is 0.866. The molecule has 136 valence electrons. The van der Waals surface area contributed by atoms with E-state index in [0.29, 0.717) is 21.6 Å². The Morgan fingerprint density at radius 1 is 1.31 bits per heavy atom. The van der Waals surface area contributed by atoms with Crippen molar-refractivity contribution in [3.05, 3.63) is 69.9 Å². The van der Waals surface area contributed by atoms with E-state index in [1.165, 1.54) is 0 Å². The van der Waals surface area contributed by atoms with Crippen LogP contribution in [0.25, 0.3) is 0 Å². The van der Waals surface area contributed by atoms with Gasteiger partial charge in [-0.2, -0.15) is 0 Å². The lowest BCUT2D eigenvalue weighted by atomic mass is 10.1. The van der Waals surface area contributed by atoms with Crippen LogP contribution in [0, 0.1) is 0 Å². The molecular formula is C18H17Cl2N3O2S. The fraction of sp³-hybridized carbons (Fsp3) is 0.222. The van der Waals surface area contributed by atoms with Crippen molar-refractivity contribution >= 4 is 40.9 Å². The summed E-state index contributed by atoms with van der Waals surface area (Å²) in [6, 6.07) is 8.52. The van der Waals surface area contributed by atoms with E-state index in [0.717, 1.165) is 10.7 Å². The highest BCUT2D eigenvalue weighted by Gasteiger charge is 2.16. The molecule has 8 heteroatoms. The van der Waals surface area contributed by atoms with Crippen LogP contribution in [0.2, 0.25) is 10.0 Å². The Hall–Kier alpha value is -1.89. The molecule has 0 bridgehead atoms. The zero-order valence-corrected chi connectivity index (χ0v) is 16.5. The summed E-state index contributed by atoms with van der Waals surface area (Å²) in [7, 11) is 1.93. The Bertz CT molecular complexity index is 923. The highest BCUT2D eigenvalue weighted by atomic mass is 35.5. The number of aryl methyl sites for hydroxylation is 1. The average molecular weight is 410 g/mol. The number of carbonyl (C=O) groups is 1. The smallest absolute Gasteiger partial charge is 0.287 e. The van der Waals surface area contributed by atoms with Crippen LogP contribution in [0.15, 0.2) is 52.3 Å². The Labute approximate surface area is 165 Å². The number of nitrogens with zero attached hydrogens (tertiary/aromatic N) is 2. The lowest BCUT2D eigenvalue weighted by Crippen LogP contribution is -2.26. The second-order valence-electron chi connectivity index (χ2n) is 5.74. The molecule has 1 amide bonds. The molecule has 0 aliphatic rings. The largest absolute Gasteiger partial charge is 0.455 e. The first-order valence-corrected chi connectivity index (χ1v) is 9.63. The van der Waals surface area contributed by atoms with Crippen molar-refractivity contribution in [2.75, 3.05) is 0 Å². The highest BCUT2D eigenvalue weighted by molar-refractivity contribution is 7.98. The van der Waals surface area contributed by atoms with Crippen LogP contribution in [0.3, 0.4) is 0 Å². The zero-order chi connectivity index (χ0) is 18.7. The standard InChI is InChI=1S/C18H17Cl2N3O2S/c1-11(12-3-5-14(19)15(20)9-12)22-17(24)16-6-4-13(25-16)10-26-18-21-7-8-23(18)2/h3-9,11H,10H2,1-2H3,(H,22,24). The number of hydrogen-bond acceptors (Lipinski definition) is 4. The van der Waals surface area contributed by atoms with Gasteiger partial charge in [0.2, 0.25) is 0 Å². The van der Waals surface area contributed by atoms with E-state index < -0.39 is 0 Å². The molecule has 0 radical (unpaired) electrons. The fourth-order valence-corrected chi connectivity index (χ4v) is 3.47. The maximum Gasteiger partial charge on any atom is 0.287 e. The zero-order valence-electron chi connectivity index (χ0n) is 14.2. The van der Waals surface area contributed by atoms with Crippen LogP contribution in [0.1, 0.15) is 34.8 Å². The molecule has 1 unspecified atom stereocenters. The minimum atomic E-state index is -0.281. The summed E-state index contributed by atoms with van der Waals surface area (Å²) in [5, 5.41) is 4.72. The third-order valence-electron chi connectivity index (χ3n) is 3.80. The van der Waals surface area contributed by atoms with E-state index in [9.17, 15) is 4.79 Å². The van der Waals surface area contributed by atoms with Gasteiger partial charge in [0.15, 0.2) is 10.9 Å². The van der Waals surface area contributed by atoms with Crippen LogP contribution in [-0.4, -0.2) is 15.5 Å². The first-order chi connectivity index (χ1) is 12.4. The molecule has 26 heavy (non-hydrogen) atoms. The van der Waals surface area contributed by atoms with Gasteiger partial charge in [-0.1, -0.05) is 41.0 Å². The number of rotatable bonds is 6. The number of halogens is 2. The van der Waals surface area contributed by atoms with Crippen LogP contribution >= 0.6 is 35.0 Å². The van der Waals surface area contributed by atoms with Crippen LogP contribution in [-0.2, 0) is 12.8 Å². The van der Waals surface area contributed by atoms with Crippen LogP contribution in [0.5, 0.6) is 0 Å². The monoisotopic (exact) mass is 409 g/mol. The second-order valence-corrected chi connectivity index (χ2v) is 7.50. The number of benzene rings is 1. The fourth-order valence-electron chi connectivity index (χ4n) is 2.34. The van der Waals surface area contributed by atoms with Crippen molar-refractivity contribution in [1.29, 1.82) is 0 Å². The van der Waals surface area contributed by atoms with Crippen molar-refractivity contribution in [2.45, 2.75) is 23.9 Å². The predicted molar refractivity (Wildman–Crippen MR) is 104 cm³/mol. The van der Waals surface area contributed by atoms with Crippen LogP contribution in [0.4, 0.5) is 0 Å². The van der Waals surface area contributed by atoms with Gasteiger partial charge in [0.25, 0.3) is 5.91 Å². The molecule has 3 aromatic rings. The van der Waals surface area contributed by atoms with Gasteiger partial charge >= 0.3 is 0 Å². The summed E-state index contributed by atoms with van der Waals surface area (Å²) in [5.74, 6) is 1.30. The molecule has 2 heterocycles. The number of amides is 1. The van der Waals surface area contributed by atoms with Gasteiger partial charge in [-0.15, -0.1) is 0 Å². The lowest BCUT2D eigenvalue weighted by molar-refractivity contribution is 0.0910. The first-order valence-electron chi connectivity index (χ1n) is 7.88. The average Bonchev–Trinajstić information content (AvgIpc) is 3.24. The predicted octanol–water partition coefficient (Wildman–Crippen LogP) is 5.10. The minimum absolute atomic E-state index is 0.229. The quantitative estimate of drug-likeness (QED) is 0.575. The molecule has 0 spiro atoms. The number of aromatic nitrogens is 2. The number of furan rings is 1. The summed E-state index contributed by atoms with van der Waals surface area (Å²) in [6.45, 7) is 1.87. The van der Waals surface area contributed by atoms with Gasteiger partial charge in [0.1, 0.15) is 5.76 Å². The minimum Gasteiger partial charge on any atom is -0.455 e. The lowest BCUT2D eigenvalue weighted by Gasteiger charge is -2.14. The van der Waals surface area contributed by atoms with E-state index in [1.54, 1.807) is 42.2 Å². The molecule has 2 aromatic heterocycles. The molecule has 3 rings (SSSR count). The second kappa shape index (κ2) is 8.20. The topological polar surface area (TPSA) is 60.1 Å². The normalized spacial score (nSPS) is 12.2. The molecule has 0 saturated heterocycles. The molecule has 0 saturated carbocycles. The molecule has 1 N–H and O–H groups in total. The van der Waals surface area contributed by atoms with Gasteiger partial charge in [0, 0.05) is 19.4 Å². The van der Waals surface area contributed by atoms with Gasteiger partial charge in [-0.25, -0.2) is 4.98 Å². The Balaban J connectivity index is 1.60. The van der Waals surface area contributed by atoms with Gasteiger partial charge in [-0.05, 0) is 36.8 Å². The van der Waals surface area contributed by atoms with Crippen molar-refractivity contribution < 1.29 is 9.21 Å².